The van der Waals surface area contributed by atoms with Crippen molar-refractivity contribution >= 4 is 17.5 Å². The number of carbonyl (C=O) groups excluding carboxylic acids is 2. The Bertz CT molecular complexity index is 858. The molecule has 2 aromatic heterocycles. The Morgan fingerprint density at radius 1 is 1.21 bits per heavy atom. The number of pyridine rings is 1. The number of piperidine rings is 1. The van der Waals surface area contributed by atoms with Crippen LogP contribution in [0.25, 0.3) is 0 Å². The highest BCUT2D eigenvalue weighted by atomic mass is 19.4. The molecule has 0 aliphatic carbocycles. The maximum atomic E-state index is 13.1. The van der Waals surface area contributed by atoms with Crippen molar-refractivity contribution < 1.29 is 22.8 Å². The van der Waals surface area contributed by atoms with E-state index in [1.165, 1.54) is 30.7 Å². The smallest absolute Gasteiger partial charge is 0.338 e. The molecule has 0 saturated carbocycles. The van der Waals surface area contributed by atoms with E-state index in [-0.39, 0.29) is 37.5 Å². The fourth-order valence-corrected chi connectivity index (χ4v) is 3.33. The Kier molecular flexibility index (Phi) is 5.39. The molecule has 0 atom stereocenters. The molecule has 2 amide bonds. The lowest BCUT2D eigenvalue weighted by Crippen LogP contribution is -2.52. The second kappa shape index (κ2) is 7.61. The van der Waals surface area contributed by atoms with Crippen LogP contribution in [0.4, 0.5) is 18.9 Å². The minimum absolute atomic E-state index is 0.0951. The fraction of sp³-hybridized carbons (Fsp3) is 0.444. The molecule has 150 valence electrons. The van der Waals surface area contributed by atoms with Crippen LogP contribution in [0.2, 0.25) is 0 Å². The number of aromatic nitrogens is 3. The van der Waals surface area contributed by atoms with Gasteiger partial charge in [0.15, 0.2) is 0 Å². The van der Waals surface area contributed by atoms with Crippen LogP contribution in [-0.4, -0.2) is 56.8 Å². The number of halogens is 3. The quantitative estimate of drug-likeness (QED) is 0.800. The third-order valence-electron chi connectivity index (χ3n) is 4.97. The minimum atomic E-state index is -4.99. The average Bonchev–Trinajstić information content (AvgIpc) is 3.01. The molecule has 10 heteroatoms. The van der Waals surface area contributed by atoms with Crippen LogP contribution < -0.4 is 4.90 Å². The van der Waals surface area contributed by atoms with E-state index in [2.05, 4.69) is 10.1 Å². The van der Waals surface area contributed by atoms with E-state index in [4.69, 9.17) is 0 Å². The molecular weight excluding hydrogens is 375 g/mol. The van der Waals surface area contributed by atoms with Gasteiger partial charge in [0.25, 0.3) is 5.91 Å². The van der Waals surface area contributed by atoms with E-state index in [9.17, 15) is 22.8 Å². The molecule has 0 spiro atoms. The molecule has 1 saturated heterocycles. The number of nitrogens with zero attached hydrogens (tertiary/aromatic N) is 5. The van der Waals surface area contributed by atoms with Crippen molar-refractivity contribution in [1.29, 1.82) is 0 Å². The molecular formula is C18H20F3N5O2. The van der Waals surface area contributed by atoms with Gasteiger partial charge in [-0.15, -0.1) is 0 Å². The van der Waals surface area contributed by atoms with Gasteiger partial charge >= 0.3 is 12.1 Å². The molecule has 28 heavy (non-hydrogen) atoms. The van der Waals surface area contributed by atoms with E-state index in [1.54, 1.807) is 23.6 Å². The summed E-state index contributed by atoms with van der Waals surface area (Å²) in [4.78, 5) is 30.9. The van der Waals surface area contributed by atoms with Crippen LogP contribution in [0.1, 0.15) is 28.9 Å². The van der Waals surface area contributed by atoms with Crippen LogP contribution in [0, 0.1) is 6.92 Å². The van der Waals surface area contributed by atoms with Gasteiger partial charge in [0.2, 0.25) is 0 Å². The van der Waals surface area contributed by atoms with E-state index < -0.39 is 18.1 Å². The number of amides is 2. The van der Waals surface area contributed by atoms with E-state index >= 15 is 0 Å². The summed E-state index contributed by atoms with van der Waals surface area (Å²) in [6.45, 7) is 2.28. The summed E-state index contributed by atoms with van der Waals surface area (Å²) in [6.07, 6.45) is -0.366. The van der Waals surface area contributed by atoms with Crippen molar-refractivity contribution in [3.8, 4) is 0 Å². The van der Waals surface area contributed by atoms with Crippen LogP contribution in [0.5, 0.6) is 0 Å². The van der Waals surface area contributed by atoms with Crippen molar-refractivity contribution in [3.63, 3.8) is 0 Å². The number of alkyl halides is 3. The van der Waals surface area contributed by atoms with Crippen molar-refractivity contribution in [2.24, 2.45) is 7.05 Å². The number of aryl methyl sites for hydroxylation is 1. The van der Waals surface area contributed by atoms with Gasteiger partial charge in [0.1, 0.15) is 0 Å². The van der Waals surface area contributed by atoms with Crippen LogP contribution in [0.15, 0.2) is 30.7 Å². The van der Waals surface area contributed by atoms with Crippen LogP contribution >= 0.6 is 0 Å². The normalized spacial score (nSPS) is 15.5. The van der Waals surface area contributed by atoms with Crippen molar-refractivity contribution in [1.82, 2.24) is 19.7 Å². The molecule has 0 aromatic carbocycles. The zero-order valence-corrected chi connectivity index (χ0v) is 15.5. The molecule has 7 nitrogen and oxygen atoms in total. The zero-order valence-electron chi connectivity index (χ0n) is 15.5. The molecule has 3 heterocycles. The monoisotopic (exact) mass is 395 g/mol. The van der Waals surface area contributed by atoms with Gasteiger partial charge in [-0.3, -0.25) is 24.2 Å². The SMILES string of the molecule is Cc1c(C(=O)N2CCC(N(C(=O)C(F)(F)F)c3cccnc3)CC2)cnn1C. The predicted octanol–water partition coefficient (Wildman–Crippen LogP) is 2.32. The molecule has 0 radical (unpaired) electrons. The number of carbonyl (C=O) groups is 2. The molecule has 0 unspecified atom stereocenters. The summed E-state index contributed by atoms with van der Waals surface area (Å²) in [5, 5.41) is 4.05. The Balaban J connectivity index is 1.76. The summed E-state index contributed by atoms with van der Waals surface area (Å²) in [5.74, 6) is -2.13. The van der Waals surface area contributed by atoms with Gasteiger partial charge in [-0.2, -0.15) is 18.3 Å². The minimum Gasteiger partial charge on any atom is -0.338 e. The number of anilines is 1. The van der Waals surface area contributed by atoms with Gasteiger partial charge in [0.05, 0.1) is 23.6 Å². The van der Waals surface area contributed by atoms with E-state index in [0.29, 0.717) is 5.56 Å². The summed E-state index contributed by atoms with van der Waals surface area (Å²) in [6, 6.07) is 2.24. The molecule has 0 N–H and O–H groups in total. The summed E-state index contributed by atoms with van der Waals surface area (Å²) in [5.41, 5.74) is 1.28. The standard InChI is InChI=1S/C18H20F3N5O2/c1-12-15(11-23-24(12)2)16(27)25-8-5-13(6-9-25)26(17(28)18(19,20)21)14-4-3-7-22-10-14/h3-4,7,10-11,13H,5-6,8-9H2,1-2H3. The molecule has 1 aliphatic heterocycles. The first-order valence-electron chi connectivity index (χ1n) is 8.78. The first-order chi connectivity index (χ1) is 13.2. The molecule has 1 fully saturated rings. The first-order valence-corrected chi connectivity index (χ1v) is 8.78. The van der Waals surface area contributed by atoms with Crippen molar-refractivity contribution in [3.05, 3.63) is 42.0 Å². The largest absolute Gasteiger partial charge is 0.471 e. The second-order valence-electron chi connectivity index (χ2n) is 6.67. The first kappa shape index (κ1) is 19.8. The third-order valence-corrected chi connectivity index (χ3v) is 4.97. The Hall–Kier alpha value is -2.91. The van der Waals surface area contributed by atoms with Gasteiger partial charge in [-0.1, -0.05) is 0 Å². The lowest BCUT2D eigenvalue weighted by Gasteiger charge is -2.38. The summed E-state index contributed by atoms with van der Waals surface area (Å²) < 4.78 is 41.0. The summed E-state index contributed by atoms with van der Waals surface area (Å²) >= 11 is 0. The maximum Gasteiger partial charge on any atom is 0.471 e. The third kappa shape index (κ3) is 3.85. The number of hydrogen-bond acceptors (Lipinski definition) is 4. The molecule has 3 rings (SSSR count). The lowest BCUT2D eigenvalue weighted by atomic mass is 10.0. The van der Waals surface area contributed by atoms with E-state index in [1.807, 2.05) is 0 Å². The highest BCUT2D eigenvalue weighted by Crippen LogP contribution is 2.29. The van der Waals surface area contributed by atoms with Gasteiger partial charge in [-0.25, -0.2) is 0 Å². The Morgan fingerprint density at radius 3 is 2.39 bits per heavy atom. The fourth-order valence-electron chi connectivity index (χ4n) is 3.33. The van der Waals surface area contributed by atoms with Crippen molar-refractivity contribution in [2.75, 3.05) is 18.0 Å². The second-order valence-corrected chi connectivity index (χ2v) is 6.67. The Labute approximate surface area is 159 Å². The summed E-state index contributed by atoms with van der Waals surface area (Å²) in [7, 11) is 1.73. The molecule has 1 aliphatic rings. The van der Waals surface area contributed by atoms with Gasteiger partial charge in [-0.05, 0) is 31.9 Å². The van der Waals surface area contributed by atoms with E-state index in [0.717, 1.165) is 10.6 Å². The Morgan fingerprint density at radius 2 is 1.89 bits per heavy atom. The lowest BCUT2D eigenvalue weighted by molar-refractivity contribution is -0.171. The zero-order chi connectivity index (χ0) is 20.5. The number of likely N-dealkylation sites (tertiary alicyclic amines) is 1. The maximum absolute atomic E-state index is 13.1. The molecule has 2 aromatic rings. The highest BCUT2D eigenvalue weighted by molar-refractivity contribution is 5.98. The molecule has 0 bridgehead atoms. The average molecular weight is 395 g/mol. The van der Waals surface area contributed by atoms with Crippen molar-refractivity contribution in [2.45, 2.75) is 32.0 Å². The van der Waals surface area contributed by atoms with Gasteiger partial charge < -0.3 is 4.90 Å². The number of rotatable bonds is 3. The van der Waals surface area contributed by atoms with Crippen LogP contribution in [-0.2, 0) is 11.8 Å². The van der Waals surface area contributed by atoms with Crippen LogP contribution in [0.3, 0.4) is 0 Å². The topological polar surface area (TPSA) is 71.3 Å². The van der Waals surface area contributed by atoms with Gasteiger partial charge in [0, 0.05) is 38.1 Å². The highest BCUT2D eigenvalue weighted by Gasteiger charge is 2.46. The predicted molar refractivity (Wildman–Crippen MR) is 94.6 cm³/mol. The number of hydrogen-bond donors (Lipinski definition) is 0.